The second-order valence-corrected chi connectivity index (χ2v) is 7.08. The molecule has 2 atom stereocenters. The summed E-state index contributed by atoms with van der Waals surface area (Å²) < 4.78 is 43.6. The molecule has 5 nitrogen and oxygen atoms in total. The van der Waals surface area contributed by atoms with E-state index in [9.17, 15) is 23.2 Å². The fraction of sp³-hybridized carbons (Fsp3) is 0.364. The van der Waals surface area contributed by atoms with Gasteiger partial charge in [0.25, 0.3) is 5.91 Å². The number of alkyl halides is 3. The molecule has 158 valence electrons. The van der Waals surface area contributed by atoms with Crippen molar-refractivity contribution < 1.29 is 22.7 Å². The summed E-state index contributed by atoms with van der Waals surface area (Å²) in [5.74, 6) is -0.322. The van der Waals surface area contributed by atoms with Gasteiger partial charge in [-0.3, -0.25) is 4.79 Å². The molecule has 0 unspecified atom stereocenters. The Morgan fingerprint density at radius 1 is 1.17 bits per heavy atom. The molecule has 0 saturated carbocycles. The molecule has 2 N–H and O–H groups in total. The molecule has 0 radical (unpaired) electrons. The van der Waals surface area contributed by atoms with Crippen LogP contribution in [0.25, 0.3) is 11.1 Å². The Morgan fingerprint density at radius 3 is 2.40 bits per heavy atom. The molecule has 0 aromatic heterocycles. The number of hydrogen-bond donors (Lipinski definition) is 2. The summed E-state index contributed by atoms with van der Waals surface area (Å²) in [5.41, 5.74) is 1.57. The summed E-state index contributed by atoms with van der Waals surface area (Å²) in [6, 6.07) is 13.5. The van der Waals surface area contributed by atoms with Crippen LogP contribution in [0.5, 0.6) is 0 Å². The minimum Gasteiger partial charge on any atom is -0.367 e. The van der Waals surface area contributed by atoms with E-state index in [0.29, 0.717) is 25.1 Å². The third kappa shape index (κ3) is 5.81. The van der Waals surface area contributed by atoms with Crippen molar-refractivity contribution in [3.05, 3.63) is 59.7 Å². The lowest BCUT2D eigenvalue weighted by molar-refractivity contribution is -0.137. The zero-order valence-corrected chi connectivity index (χ0v) is 16.2. The van der Waals surface area contributed by atoms with Crippen molar-refractivity contribution in [1.82, 2.24) is 10.6 Å². The highest BCUT2D eigenvalue weighted by molar-refractivity contribution is 5.81. The maximum Gasteiger partial charge on any atom is 0.416 e. The summed E-state index contributed by atoms with van der Waals surface area (Å²) in [5, 5.41) is 15.2. The summed E-state index contributed by atoms with van der Waals surface area (Å²) >= 11 is 0. The van der Waals surface area contributed by atoms with Crippen molar-refractivity contribution >= 4 is 5.91 Å². The number of hydrogen-bond acceptors (Lipinski definition) is 4. The summed E-state index contributed by atoms with van der Waals surface area (Å²) in [6.45, 7) is 1.69. The Morgan fingerprint density at radius 2 is 1.80 bits per heavy atom. The molecular weight excluding hydrogens is 395 g/mol. The molecule has 1 saturated heterocycles. The summed E-state index contributed by atoms with van der Waals surface area (Å²) in [4.78, 5) is 12.3. The average Bonchev–Trinajstić information content (AvgIpc) is 3.03. The van der Waals surface area contributed by atoms with Crippen LogP contribution in [0.3, 0.4) is 0 Å². The van der Waals surface area contributed by atoms with E-state index in [0.717, 1.165) is 36.2 Å². The molecule has 1 heterocycles. The second-order valence-electron chi connectivity index (χ2n) is 7.08. The number of carbonyl (C=O) groups excluding carboxylic acids is 1. The fourth-order valence-corrected chi connectivity index (χ4v) is 3.20. The van der Waals surface area contributed by atoms with E-state index in [1.807, 2.05) is 0 Å². The van der Waals surface area contributed by atoms with Crippen LogP contribution >= 0.6 is 0 Å². The van der Waals surface area contributed by atoms with Gasteiger partial charge in [-0.05, 0) is 41.8 Å². The zero-order chi connectivity index (χ0) is 21.6. The minimum absolute atomic E-state index is 0.315. The van der Waals surface area contributed by atoms with Crippen LogP contribution in [0.1, 0.15) is 17.5 Å². The smallest absolute Gasteiger partial charge is 0.367 e. The molecule has 8 heteroatoms. The first-order chi connectivity index (χ1) is 14.4. The molecule has 2 aromatic carbocycles. The predicted molar refractivity (Wildman–Crippen MR) is 105 cm³/mol. The normalized spacial score (nSPS) is 18.1. The Labute approximate surface area is 172 Å². The lowest BCUT2D eigenvalue weighted by atomic mass is 10.00. The van der Waals surface area contributed by atoms with Crippen LogP contribution in [0.4, 0.5) is 13.2 Å². The number of ether oxygens (including phenoxy) is 1. The number of nitriles is 1. The number of nitrogens with zero attached hydrogens (tertiary/aromatic N) is 1. The highest BCUT2D eigenvalue weighted by atomic mass is 19.4. The van der Waals surface area contributed by atoms with Crippen molar-refractivity contribution in [3.63, 3.8) is 0 Å². The number of nitrogens with one attached hydrogen (secondary N) is 2. The first-order valence-corrected chi connectivity index (χ1v) is 9.65. The third-order valence-electron chi connectivity index (χ3n) is 4.85. The first-order valence-electron chi connectivity index (χ1n) is 9.65. The molecular formula is C22H22F3N3O2. The van der Waals surface area contributed by atoms with Crippen LogP contribution < -0.4 is 10.6 Å². The van der Waals surface area contributed by atoms with E-state index in [4.69, 9.17) is 4.74 Å². The van der Waals surface area contributed by atoms with E-state index in [-0.39, 0.29) is 5.91 Å². The van der Waals surface area contributed by atoms with Crippen LogP contribution in [-0.2, 0) is 22.1 Å². The Kier molecular flexibility index (Phi) is 7.08. The highest BCUT2D eigenvalue weighted by Gasteiger charge is 2.30. The summed E-state index contributed by atoms with van der Waals surface area (Å²) in [6.07, 6.45) is -3.84. The average molecular weight is 417 g/mol. The number of rotatable bonds is 5. The van der Waals surface area contributed by atoms with Gasteiger partial charge >= 0.3 is 6.18 Å². The van der Waals surface area contributed by atoms with Gasteiger partial charge in [-0.25, -0.2) is 0 Å². The van der Waals surface area contributed by atoms with E-state index in [2.05, 4.69) is 16.7 Å². The summed E-state index contributed by atoms with van der Waals surface area (Å²) in [7, 11) is 0. The van der Waals surface area contributed by atoms with Gasteiger partial charge < -0.3 is 15.4 Å². The van der Waals surface area contributed by atoms with Crippen molar-refractivity contribution in [2.75, 3.05) is 19.7 Å². The molecule has 30 heavy (non-hydrogen) atoms. The van der Waals surface area contributed by atoms with E-state index in [1.165, 1.54) is 12.1 Å². The molecule has 1 aliphatic heterocycles. The predicted octanol–water partition coefficient (Wildman–Crippen LogP) is 3.30. The topological polar surface area (TPSA) is 74.2 Å². The van der Waals surface area contributed by atoms with Crippen molar-refractivity contribution in [2.24, 2.45) is 0 Å². The third-order valence-corrected chi connectivity index (χ3v) is 4.85. The van der Waals surface area contributed by atoms with Gasteiger partial charge in [0.05, 0.1) is 11.6 Å². The van der Waals surface area contributed by atoms with Crippen LogP contribution in [0, 0.1) is 11.3 Å². The quantitative estimate of drug-likeness (QED) is 0.783. The van der Waals surface area contributed by atoms with Gasteiger partial charge in [-0.2, -0.15) is 18.4 Å². The lowest BCUT2D eigenvalue weighted by Gasteiger charge is -2.18. The Balaban J connectivity index is 1.61. The zero-order valence-electron chi connectivity index (χ0n) is 16.2. The van der Waals surface area contributed by atoms with Crippen LogP contribution in [0.15, 0.2) is 48.5 Å². The monoisotopic (exact) mass is 417 g/mol. The number of benzene rings is 2. The molecule has 0 aliphatic carbocycles. The van der Waals surface area contributed by atoms with Crippen molar-refractivity contribution in [1.29, 1.82) is 5.26 Å². The van der Waals surface area contributed by atoms with Gasteiger partial charge in [0, 0.05) is 19.6 Å². The van der Waals surface area contributed by atoms with Gasteiger partial charge in [0.1, 0.15) is 12.1 Å². The SMILES string of the molecule is N#C[C@H](Cc1ccc(-c2ccc(C(F)(F)F)cc2)cc1)NC(=O)[C@@H]1CNCCCO1. The first kappa shape index (κ1) is 21.8. The Hall–Kier alpha value is -2.89. The van der Waals surface area contributed by atoms with Gasteiger partial charge in [-0.15, -0.1) is 0 Å². The van der Waals surface area contributed by atoms with E-state index < -0.39 is 23.9 Å². The number of halogens is 3. The molecule has 0 bridgehead atoms. The largest absolute Gasteiger partial charge is 0.416 e. The molecule has 1 amide bonds. The molecule has 3 rings (SSSR count). The lowest BCUT2D eigenvalue weighted by Crippen LogP contribution is -2.46. The second kappa shape index (κ2) is 9.74. The molecule has 0 spiro atoms. The van der Waals surface area contributed by atoms with Gasteiger partial charge in [0.15, 0.2) is 0 Å². The van der Waals surface area contributed by atoms with E-state index in [1.54, 1.807) is 24.3 Å². The highest BCUT2D eigenvalue weighted by Crippen LogP contribution is 2.31. The fourth-order valence-electron chi connectivity index (χ4n) is 3.20. The van der Waals surface area contributed by atoms with Crippen molar-refractivity contribution in [2.45, 2.75) is 31.2 Å². The van der Waals surface area contributed by atoms with Crippen LogP contribution in [0.2, 0.25) is 0 Å². The van der Waals surface area contributed by atoms with Gasteiger partial charge in [0.2, 0.25) is 0 Å². The number of amides is 1. The maximum absolute atomic E-state index is 12.7. The van der Waals surface area contributed by atoms with E-state index >= 15 is 0 Å². The minimum atomic E-state index is -4.36. The van der Waals surface area contributed by atoms with Crippen molar-refractivity contribution in [3.8, 4) is 17.2 Å². The number of carbonyl (C=O) groups is 1. The standard InChI is InChI=1S/C22H22F3N3O2/c23-22(24,25)18-8-6-17(7-9-18)16-4-2-15(3-5-16)12-19(13-26)28-21(29)20-14-27-10-1-11-30-20/h2-9,19-20,27H,1,10-12,14H2,(H,28,29)/t19-,20-/m0/s1. The maximum atomic E-state index is 12.7. The molecule has 2 aromatic rings. The molecule has 1 aliphatic rings. The molecule has 1 fully saturated rings. The Bertz CT molecular complexity index is 882. The van der Waals surface area contributed by atoms with Crippen LogP contribution in [-0.4, -0.2) is 37.7 Å². The van der Waals surface area contributed by atoms with Gasteiger partial charge in [-0.1, -0.05) is 36.4 Å².